The van der Waals surface area contributed by atoms with Gasteiger partial charge < -0.3 is 10.8 Å². The van der Waals surface area contributed by atoms with E-state index >= 15 is 0 Å². The second kappa shape index (κ2) is 5.21. The average molecular weight is 276 g/mol. The molecule has 0 aliphatic heterocycles. The Morgan fingerprint density at radius 1 is 1.50 bits per heavy atom. The molecule has 0 heterocycles. The van der Waals surface area contributed by atoms with Crippen LogP contribution in [-0.4, -0.2) is 25.7 Å². The van der Waals surface area contributed by atoms with Crippen molar-refractivity contribution in [1.29, 1.82) is 0 Å². The maximum atomic E-state index is 13.0. The summed E-state index contributed by atoms with van der Waals surface area (Å²) in [7, 11) is -3.84. The average Bonchev–Trinajstić information content (AvgIpc) is 2.32. The smallest absolute Gasteiger partial charge is 0.241 e. The molecule has 0 aromatic heterocycles. The van der Waals surface area contributed by atoms with Crippen molar-refractivity contribution in [3.8, 4) is 0 Å². The Morgan fingerprint density at radius 3 is 2.56 bits per heavy atom. The van der Waals surface area contributed by atoms with E-state index in [1.807, 2.05) is 0 Å². The molecule has 0 fully saturated rings. The Bertz CT molecular complexity index is 527. The number of aliphatic hydroxyl groups excluding tert-OH is 1. The van der Waals surface area contributed by atoms with Gasteiger partial charge in [0.1, 0.15) is 5.82 Å². The number of nitrogens with two attached hydrogens (primary N) is 1. The molecule has 0 aliphatic rings. The van der Waals surface area contributed by atoms with Gasteiger partial charge in [0.05, 0.1) is 22.7 Å². The molecule has 1 aromatic carbocycles. The molecule has 5 nitrogen and oxygen atoms in total. The van der Waals surface area contributed by atoms with Gasteiger partial charge in [0.2, 0.25) is 10.0 Å². The second-order valence-corrected chi connectivity index (χ2v) is 6.04. The van der Waals surface area contributed by atoms with Gasteiger partial charge in [0.25, 0.3) is 0 Å². The van der Waals surface area contributed by atoms with Gasteiger partial charge in [-0.05, 0) is 31.5 Å². The minimum absolute atomic E-state index is 0.130. The van der Waals surface area contributed by atoms with Crippen LogP contribution in [0.1, 0.15) is 20.3 Å². The fourth-order valence-corrected chi connectivity index (χ4v) is 2.79. The number of rotatable bonds is 5. The van der Waals surface area contributed by atoms with Crippen LogP contribution in [0.25, 0.3) is 0 Å². The molecule has 0 aliphatic carbocycles. The van der Waals surface area contributed by atoms with E-state index in [0.29, 0.717) is 6.42 Å². The Morgan fingerprint density at radius 2 is 2.11 bits per heavy atom. The number of anilines is 1. The zero-order chi connectivity index (χ0) is 14.0. The van der Waals surface area contributed by atoms with Crippen molar-refractivity contribution in [1.82, 2.24) is 4.72 Å². The largest absolute Gasteiger partial charge is 0.396 e. The highest BCUT2D eigenvalue weighted by molar-refractivity contribution is 7.89. The summed E-state index contributed by atoms with van der Waals surface area (Å²) >= 11 is 0. The molecule has 0 bridgehead atoms. The van der Waals surface area contributed by atoms with Crippen molar-refractivity contribution in [2.75, 3.05) is 12.3 Å². The number of sulfonamides is 1. The van der Waals surface area contributed by atoms with E-state index in [9.17, 15) is 17.9 Å². The minimum Gasteiger partial charge on any atom is -0.396 e. The highest BCUT2D eigenvalue weighted by Crippen LogP contribution is 2.19. The third-order valence-electron chi connectivity index (χ3n) is 2.79. The summed E-state index contributed by atoms with van der Waals surface area (Å²) in [5.74, 6) is -0.672. The third-order valence-corrected chi connectivity index (χ3v) is 4.42. The highest BCUT2D eigenvalue weighted by atomic mass is 32.2. The predicted octanol–water partition coefficient (Wildman–Crippen LogP) is 0.847. The standard InChI is InChI=1S/C11H17FN2O3S/c1-3-11(2,7-15)14-18(16,17)8-4-5-9(12)10(13)6-8/h4-6,14-15H,3,7,13H2,1-2H3. The summed E-state index contributed by atoms with van der Waals surface area (Å²) < 4.78 is 39.4. The van der Waals surface area contributed by atoms with Crippen molar-refractivity contribution < 1.29 is 17.9 Å². The zero-order valence-corrected chi connectivity index (χ0v) is 11.1. The molecule has 102 valence electrons. The van der Waals surface area contributed by atoms with Crippen molar-refractivity contribution in [3.63, 3.8) is 0 Å². The summed E-state index contributed by atoms with van der Waals surface area (Å²) in [5, 5.41) is 9.18. The minimum atomic E-state index is -3.84. The monoisotopic (exact) mass is 276 g/mol. The lowest BCUT2D eigenvalue weighted by molar-refractivity contribution is 0.191. The molecule has 0 saturated carbocycles. The van der Waals surface area contributed by atoms with Gasteiger partial charge in [-0.2, -0.15) is 0 Å². The van der Waals surface area contributed by atoms with Crippen molar-refractivity contribution in [2.45, 2.75) is 30.7 Å². The van der Waals surface area contributed by atoms with Crippen molar-refractivity contribution in [2.24, 2.45) is 0 Å². The highest BCUT2D eigenvalue weighted by Gasteiger charge is 2.28. The summed E-state index contributed by atoms with van der Waals surface area (Å²) in [6.45, 7) is 2.99. The number of halogens is 1. The Labute approximate surface area is 106 Å². The summed E-state index contributed by atoms with van der Waals surface area (Å²) in [6.07, 6.45) is 0.416. The van der Waals surface area contributed by atoms with Crippen LogP contribution in [0.2, 0.25) is 0 Å². The summed E-state index contributed by atoms with van der Waals surface area (Å²) in [6, 6.07) is 3.17. The SMILES string of the molecule is CCC(C)(CO)NS(=O)(=O)c1ccc(F)c(N)c1. The van der Waals surface area contributed by atoms with Crippen molar-refractivity contribution >= 4 is 15.7 Å². The molecule has 0 saturated heterocycles. The lowest BCUT2D eigenvalue weighted by atomic mass is 10.0. The van der Waals surface area contributed by atoms with E-state index in [1.54, 1.807) is 13.8 Å². The maximum Gasteiger partial charge on any atom is 0.241 e. The van der Waals surface area contributed by atoms with Crippen LogP contribution in [0.5, 0.6) is 0 Å². The number of benzene rings is 1. The molecular formula is C11H17FN2O3S. The first-order valence-electron chi connectivity index (χ1n) is 5.44. The zero-order valence-electron chi connectivity index (χ0n) is 10.3. The fourth-order valence-electron chi connectivity index (χ4n) is 1.29. The molecule has 7 heteroatoms. The van der Waals surface area contributed by atoms with Crippen LogP contribution >= 0.6 is 0 Å². The van der Waals surface area contributed by atoms with Gasteiger partial charge in [0.15, 0.2) is 0 Å². The van der Waals surface area contributed by atoms with Crippen molar-refractivity contribution in [3.05, 3.63) is 24.0 Å². The van der Waals surface area contributed by atoms with E-state index in [4.69, 9.17) is 5.73 Å². The molecule has 4 N–H and O–H groups in total. The normalized spacial score (nSPS) is 15.3. The number of nitrogen functional groups attached to an aromatic ring is 1. The lowest BCUT2D eigenvalue weighted by Crippen LogP contribution is -2.48. The van der Waals surface area contributed by atoms with Gasteiger partial charge in [0, 0.05) is 0 Å². The van der Waals surface area contributed by atoms with Crippen LogP contribution in [0.3, 0.4) is 0 Å². The van der Waals surface area contributed by atoms with Crippen LogP contribution in [0.4, 0.5) is 10.1 Å². The first kappa shape index (κ1) is 14.9. The molecule has 1 unspecified atom stereocenters. The number of aliphatic hydroxyl groups is 1. The first-order chi connectivity index (χ1) is 8.24. The number of hydrogen-bond acceptors (Lipinski definition) is 4. The number of nitrogens with one attached hydrogen (secondary N) is 1. The van der Waals surface area contributed by atoms with E-state index < -0.39 is 21.4 Å². The van der Waals surface area contributed by atoms with Crippen LogP contribution in [0, 0.1) is 5.82 Å². The van der Waals surface area contributed by atoms with Gasteiger partial charge >= 0.3 is 0 Å². The predicted molar refractivity (Wildman–Crippen MR) is 66.9 cm³/mol. The molecule has 0 amide bonds. The molecule has 1 atom stereocenters. The van der Waals surface area contributed by atoms with Crippen LogP contribution in [0.15, 0.2) is 23.1 Å². The Kier molecular flexibility index (Phi) is 4.31. The fraction of sp³-hybridized carbons (Fsp3) is 0.455. The molecule has 1 aromatic rings. The quantitative estimate of drug-likeness (QED) is 0.695. The Balaban J connectivity index is 3.10. The van der Waals surface area contributed by atoms with Crippen LogP contribution in [-0.2, 0) is 10.0 Å². The van der Waals surface area contributed by atoms with E-state index in [0.717, 1.165) is 18.2 Å². The molecular weight excluding hydrogens is 259 g/mol. The van der Waals surface area contributed by atoms with Gasteiger partial charge in [-0.15, -0.1) is 0 Å². The summed E-state index contributed by atoms with van der Waals surface area (Å²) in [4.78, 5) is -0.130. The van der Waals surface area contributed by atoms with Gasteiger partial charge in [-0.25, -0.2) is 17.5 Å². The molecule has 0 spiro atoms. The molecule has 1 rings (SSSR count). The van der Waals surface area contributed by atoms with Crippen LogP contribution < -0.4 is 10.5 Å². The number of hydrogen-bond donors (Lipinski definition) is 3. The van der Waals surface area contributed by atoms with E-state index in [2.05, 4.69) is 4.72 Å². The van der Waals surface area contributed by atoms with Gasteiger partial charge in [-0.1, -0.05) is 6.92 Å². The molecule has 18 heavy (non-hydrogen) atoms. The molecule has 0 radical (unpaired) electrons. The van der Waals surface area contributed by atoms with E-state index in [-0.39, 0.29) is 17.2 Å². The topological polar surface area (TPSA) is 92.4 Å². The first-order valence-corrected chi connectivity index (χ1v) is 6.92. The van der Waals surface area contributed by atoms with Gasteiger partial charge in [-0.3, -0.25) is 0 Å². The maximum absolute atomic E-state index is 13.0. The van der Waals surface area contributed by atoms with E-state index in [1.165, 1.54) is 0 Å². The lowest BCUT2D eigenvalue weighted by Gasteiger charge is -2.26. The Hall–Kier alpha value is -1.18. The summed E-state index contributed by atoms with van der Waals surface area (Å²) in [5.41, 5.74) is 4.14. The third kappa shape index (κ3) is 3.18. The second-order valence-electron chi connectivity index (χ2n) is 4.36.